The average molecular weight is 476 g/mol. The number of anilines is 1. The Morgan fingerprint density at radius 1 is 1.00 bits per heavy atom. The van der Waals surface area contributed by atoms with E-state index in [1.54, 1.807) is 48.5 Å². The summed E-state index contributed by atoms with van der Waals surface area (Å²) in [5.41, 5.74) is 1.21. The van der Waals surface area contributed by atoms with E-state index in [2.05, 4.69) is 0 Å². The number of hydrogen-bond acceptors (Lipinski definition) is 5. The molecule has 1 fully saturated rings. The van der Waals surface area contributed by atoms with Gasteiger partial charge in [0.25, 0.3) is 11.7 Å². The third kappa shape index (κ3) is 4.89. The van der Waals surface area contributed by atoms with E-state index in [0.29, 0.717) is 40.8 Å². The predicted octanol–water partition coefficient (Wildman–Crippen LogP) is 5.50. The summed E-state index contributed by atoms with van der Waals surface area (Å²) in [5.74, 6) is -0.983. The van der Waals surface area contributed by atoms with E-state index in [9.17, 15) is 19.1 Å². The number of carbonyl (C=O) groups is 2. The highest BCUT2D eigenvalue weighted by atomic mass is 19.1. The molecular formula is C28H26FNO5. The van der Waals surface area contributed by atoms with E-state index in [1.807, 2.05) is 13.8 Å². The van der Waals surface area contributed by atoms with Crippen molar-refractivity contribution in [1.82, 2.24) is 0 Å². The lowest BCUT2D eigenvalue weighted by Crippen LogP contribution is -2.29. The number of aliphatic hydroxyl groups excluding tert-OH is 1. The Balaban J connectivity index is 1.85. The number of aliphatic hydroxyl groups is 1. The van der Waals surface area contributed by atoms with Crippen LogP contribution in [0.4, 0.5) is 10.1 Å². The van der Waals surface area contributed by atoms with Crippen LogP contribution in [0.15, 0.2) is 78.4 Å². The number of hydrogen-bond donors (Lipinski definition) is 1. The van der Waals surface area contributed by atoms with Crippen molar-refractivity contribution in [2.45, 2.75) is 19.9 Å². The monoisotopic (exact) mass is 475 g/mol. The lowest BCUT2D eigenvalue weighted by molar-refractivity contribution is -0.132. The molecule has 1 aliphatic heterocycles. The van der Waals surface area contributed by atoms with Gasteiger partial charge in [-0.15, -0.1) is 0 Å². The zero-order valence-electron chi connectivity index (χ0n) is 19.7. The van der Waals surface area contributed by atoms with Crippen LogP contribution in [-0.2, 0) is 9.59 Å². The number of halogens is 1. The number of benzene rings is 3. The molecule has 1 atom stereocenters. The molecule has 35 heavy (non-hydrogen) atoms. The van der Waals surface area contributed by atoms with Gasteiger partial charge in [0.05, 0.1) is 25.3 Å². The maximum absolute atomic E-state index is 13.6. The van der Waals surface area contributed by atoms with Crippen LogP contribution in [0.1, 0.15) is 31.0 Å². The van der Waals surface area contributed by atoms with Crippen molar-refractivity contribution in [3.8, 4) is 11.5 Å². The van der Waals surface area contributed by atoms with Crippen LogP contribution < -0.4 is 14.4 Å². The summed E-state index contributed by atoms with van der Waals surface area (Å²) in [7, 11) is 1.54. The van der Waals surface area contributed by atoms with E-state index in [-0.39, 0.29) is 11.3 Å². The van der Waals surface area contributed by atoms with Crippen molar-refractivity contribution < 1.29 is 28.6 Å². The number of amides is 1. The van der Waals surface area contributed by atoms with Crippen LogP contribution in [0.5, 0.6) is 11.5 Å². The van der Waals surface area contributed by atoms with Crippen molar-refractivity contribution >= 4 is 23.1 Å². The average Bonchev–Trinajstić information content (AvgIpc) is 3.13. The summed E-state index contributed by atoms with van der Waals surface area (Å²) in [5, 5.41) is 11.3. The van der Waals surface area contributed by atoms with Crippen LogP contribution in [0.3, 0.4) is 0 Å². The lowest BCUT2D eigenvalue weighted by Gasteiger charge is -2.25. The number of methoxy groups -OCH3 is 1. The molecule has 0 aromatic heterocycles. The molecule has 0 radical (unpaired) electrons. The maximum Gasteiger partial charge on any atom is 0.300 e. The van der Waals surface area contributed by atoms with Crippen LogP contribution in [0, 0.1) is 11.7 Å². The van der Waals surface area contributed by atoms with Crippen LogP contribution in [0.25, 0.3) is 5.76 Å². The van der Waals surface area contributed by atoms with E-state index in [0.717, 1.165) is 0 Å². The minimum absolute atomic E-state index is 0.0644. The Kier molecular flexibility index (Phi) is 6.87. The Hall–Kier alpha value is -4.13. The number of Topliss-reactive ketones (excluding diaryl/α,β-unsaturated/α-hetero) is 1. The Morgan fingerprint density at radius 2 is 1.69 bits per heavy atom. The van der Waals surface area contributed by atoms with Crippen molar-refractivity contribution in [2.24, 2.45) is 5.92 Å². The van der Waals surface area contributed by atoms with Gasteiger partial charge in [-0.1, -0.05) is 38.1 Å². The summed E-state index contributed by atoms with van der Waals surface area (Å²) in [6.07, 6.45) is 0. The smallest absolute Gasteiger partial charge is 0.300 e. The number of carbonyl (C=O) groups excluding carboxylic acids is 2. The van der Waals surface area contributed by atoms with Gasteiger partial charge in [-0.05, 0) is 60.0 Å². The third-order valence-electron chi connectivity index (χ3n) is 5.67. The summed E-state index contributed by atoms with van der Waals surface area (Å²) in [6.45, 7) is 4.54. The molecular weight excluding hydrogens is 449 g/mol. The second-order valence-corrected chi connectivity index (χ2v) is 8.65. The number of nitrogens with zero attached hydrogens (tertiary/aromatic N) is 1. The molecule has 0 aliphatic carbocycles. The second-order valence-electron chi connectivity index (χ2n) is 8.65. The highest BCUT2D eigenvalue weighted by Gasteiger charge is 2.47. The Bertz CT molecular complexity index is 1270. The number of rotatable bonds is 7. The quantitative estimate of drug-likeness (QED) is 0.278. The molecule has 1 amide bonds. The summed E-state index contributed by atoms with van der Waals surface area (Å²) >= 11 is 0. The topological polar surface area (TPSA) is 76.1 Å². The molecule has 1 heterocycles. The largest absolute Gasteiger partial charge is 0.507 e. The van der Waals surface area contributed by atoms with Gasteiger partial charge >= 0.3 is 0 Å². The molecule has 3 aromatic carbocycles. The van der Waals surface area contributed by atoms with Crippen LogP contribution >= 0.6 is 0 Å². The fraction of sp³-hybridized carbons (Fsp3) is 0.214. The van der Waals surface area contributed by atoms with Crippen molar-refractivity contribution in [1.29, 1.82) is 0 Å². The number of ketones is 1. The molecule has 1 aliphatic rings. The number of ether oxygens (including phenoxy) is 2. The Labute approximate surface area is 203 Å². The summed E-state index contributed by atoms with van der Waals surface area (Å²) in [6, 6.07) is 18.0. The molecule has 1 N–H and O–H groups in total. The van der Waals surface area contributed by atoms with E-state index < -0.39 is 23.5 Å². The molecule has 0 saturated carbocycles. The summed E-state index contributed by atoms with van der Waals surface area (Å²) < 4.78 is 24.6. The van der Waals surface area contributed by atoms with Crippen molar-refractivity contribution in [3.05, 3.63) is 95.3 Å². The van der Waals surface area contributed by atoms with E-state index >= 15 is 0 Å². The first-order valence-electron chi connectivity index (χ1n) is 11.2. The highest BCUT2D eigenvalue weighted by Crippen LogP contribution is 2.42. The van der Waals surface area contributed by atoms with Gasteiger partial charge < -0.3 is 14.6 Å². The molecule has 7 heteroatoms. The van der Waals surface area contributed by atoms with Gasteiger partial charge in [-0.25, -0.2) is 4.39 Å². The molecule has 6 nitrogen and oxygen atoms in total. The highest BCUT2D eigenvalue weighted by molar-refractivity contribution is 6.51. The minimum atomic E-state index is -0.924. The zero-order valence-corrected chi connectivity index (χ0v) is 19.7. The second kappa shape index (κ2) is 10.0. The lowest BCUT2D eigenvalue weighted by atomic mass is 9.95. The van der Waals surface area contributed by atoms with Crippen LogP contribution in [0.2, 0.25) is 0 Å². The summed E-state index contributed by atoms with van der Waals surface area (Å²) in [4.78, 5) is 27.7. The standard InChI is InChI=1S/C28H26FNO5/c1-17(2)16-35-23-6-4-5-19(15-23)26(31)24-25(18-7-13-22(34-3)14-8-18)30(28(33)27(24)32)21-11-9-20(29)10-12-21/h4-15,17,25,31H,16H2,1-3H3/b26-24-. The first-order chi connectivity index (χ1) is 16.8. The van der Waals surface area contributed by atoms with Gasteiger partial charge in [-0.2, -0.15) is 0 Å². The van der Waals surface area contributed by atoms with Gasteiger partial charge in [0.2, 0.25) is 0 Å². The minimum Gasteiger partial charge on any atom is -0.507 e. The molecule has 1 unspecified atom stereocenters. The molecule has 3 aromatic rings. The zero-order chi connectivity index (χ0) is 25.1. The first kappa shape index (κ1) is 24.0. The van der Waals surface area contributed by atoms with Gasteiger partial charge in [0, 0.05) is 11.3 Å². The first-order valence-corrected chi connectivity index (χ1v) is 11.2. The predicted molar refractivity (Wildman–Crippen MR) is 131 cm³/mol. The SMILES string of the molecule is COc1ccc(C2/C(=C(/O)c3cccc(OCC(C)C)c3)C(=O)C(=O)N2c2ccc(F)cc2)cc1. The van der Waals surface area contributed by atoms with E-state index in [4.69, 9.17) is 9.47 Å². The van der Waals surface area contributed by atoms with Gasteiger partial charge in [0.1, 0.15) is 23.1 Å². The molecule has 0 bridgehead atoms. The molecule has 0 spiro atoms. The van der Waals surface area contributed by atoms with Gasteiger partial charge in [0.15, 0.2) is 0 Å². The Morgan fingerprint density at radius 3 is 2.31 bits per heavy atom. The van der Waals surface area contributed by atoms with Crippen molar-refractivity contribution in [2.75, 3.05) is 18.6 Å². The maximum atomic E-state index is 13.6. The fourth-order valence-electron chi connectivity index (χ4n) is 3.95. The molecule has 180 valence electrons. The fourth-order valence-corrected chi connectivity index (χ4v) is 3.95. The molecule has 4 rings (SSSR count). The van der Waals surface area contributed by atoms with Crippen molar-refractivity contribution in [3.63, 3.8) is 0 Å². The van der Waals surface area contributed by atoms with Gasteiger partial charge in [-0.3, -0.25) is 14.5 Å². The third-order valence-corrected chi connectivity index (χ3v) is 5.67. The van der Waals surface area contributed by atoms with E-state index in [1.165, 1.54) is 36.3 Å². The van der Waals surface area contributed by atoms with Crippen LogP contribution in [-0.4, -0.2) is 30.5 Å². The normalized spacial score (nSPS) is 17.2. The molecule has 1 saturated heterocycles.